The van der Waals surface area contributed by atoms with Gasteiger partial charge in [-0.15, -0.1) is 0 Å². The number of fused-ring (bicyclic) bond motifs is 1. The maximum atomic E-state index is 10.7. The molecule has 0 saturated heterocycles. The van der Waals surface area contributed by atoms with E-state index >= 15 is 0 Å². The van der Waals surface area contributed by atoms with Gasteiger partial charge in [0.15, 0.2) is 0 Å². The molecule has 1 unspecified atom stereocenters. The monoisotopic (exact) mass is 354 g/mol. The fourth-order valence-electron chi connectivity index (χ4n) is 3.20. The fourth-order valence-corrected chi connectivity index (χ4v) is 3.20. The number of benzene rings is 2. The van der Waals surface area contributed by atoms with Crippen molar-refractivity contribution in [2.45, 2.75) is 46.1 Å². The minimum atomic E-state index is -0.887. The van der Waals surface area contributed by atoms with E-state index < -0.39 is 5.60 Å². The summed E-state index contributed by atoms with van der Waals surface area (Å²) in [6.07, 6.45) is 7.46. The predicted molar refractivity (Wildman–Crippen MR) is 110 cm³/mol. The first-order valence-electron chi connectivity index (χ1n) is 8.99. The highest BCUT2D eigenvalue weighted by atomic mass is 16.5. The summed E-state index contributed by atoms with van der Waals surface area (Å²) < 4.78 is 11.4. The number of allylic oxidation sites excluding steroid dienone is 2. The van der Waals surface area contributed by atoms with E-state index in [4.69, 9.17) is 9.47 Å². The fraction of sp³-hybridized carbons (Fsp3) is 0.391. The molecule has 0 aliphatic carbocycles. The number of hydrogen-bond acceptors (Lipinski definition) is 3. The van der Waals surface area contributed by atoms with Crippen molar-refractivity contribution in [3.63, 3.8) is 0 Å². The van der Waals surface area contributed by atoms with E-state index in [0.717, 1.165) is 39.8 Å². The lowest BCUT2D eigenvalue weighted by molar-refractivity contribution is 0.104. The first kappa shape index (κ1) is 20.1. The molecule has 0 spiro atoms. The second-order valence-electron chi connectivity index (χ2n) is 7.16. The first-order valence-corrected chi connectivity index (χ1v) is 8.99. The Morgan fingerprint density at radius 3 is 2.19 bits per heavy atom. The molecule has 0 amide bonds. The van der Waals surface area contributed by atoms with Crippen molar-refractivity contribution in [2.75, 3.05) is 14.2 Å². The minimum Gasteiger partial charge on any atom is -0.496 e. The normalized spacial score (nSPS) is 13.7. The molecule has 2 aromatic carbocycles. The molecule has 0 bridgehead atoms. The van der Waals surface area contributed by atoms with Crippen LogP contribution >= 0.6 is 0 Å². The van der Waals surface area contributed by atoms with Crippen LogP contribution in [0, 0.1) is 6.92 Å². The SMILES string of the molecule is COc1c(C)c(/C=C/C(C)(O)CCC=C(C)C)c(OC)c2ccccc12. The molecule has 3 nitrogen and oxygen atoms in total. The van der Waals surface area contributed by atoms with Crippen LogP contribution < -0.4 is 9.47 Å². The maximum absolute atomic E-state index is 10.7. The molecule has 140 valence electrons. The van der Waals surface area contributed by atoms with E-state index in [0.29, 0.717) is 6.42 Å². The minimum absolute atomic E-state index is 0.667. The number of methoxy groups -OCH3 is 2. The largest absolute Gasteiger partial charge is 0.496 e. The summed E-state index contributed by atoms with van der Waals surface area (Å²) in [4.78, 5) is 0. The van der Waals surface area contributed by atoms with Gasteiger partial charge >= 0.3 is 0 Å². The summed E-state index contributed by atoms with van der Waals surface area (Å²) in [6, 6.07) is 8.04. The molecule has 3 heteroatoms. The lowest BCUT2D eigenvalue weighted by Crippen LogP contribution is -2.20. The summed E-state index contributed by atoms with van der Waals surface area (Å²) in [7, 11) is 3.36. The standard InChI is InChI=1S/C23H30O3/c1-16(2)10-9-14-23(4,24)15-13-18-17(3)21(25-5)19-11-7-8-12-20(19)22(18)26-6/h7-8,10-13,15,24H,9,14H2,1-6H3/b15-13+. The number of hydrogen-bond donors (Lipinski definition) is 1. The first-order chi connectivity index (χ1) is 12.3. The van der Waals surface area contributed by atoms with E-state index in [-0.39, 0.29) is 0 Å². The molecule has 1 atom stereocenters. The maximum Gasteiger partial charge on any atom is 0.134 e. The van der Waals surface area contributed by atoms with Crippen LogP contribution in [0.2, 0.25) is 0 Å². The third-order valence-electron chi connectivity index (χ3n) is 4.63. The molecule has 0 heterocycles. The van der Waals surface area contributed by atoms with Crippen LogP contribution in [0.4, 0.5) is 0 Å². The zero-order valence-corrected chi connectivity index (χ0v) is 16.7. The average molecular weight is 354 g/mol. The second-order valence-corrected chi connectivity index (χ2v) is 7.16. The molecule has 0 aliphatic heterocycles. The highest BCUT2D eigenvalue weighted by Gasteiger charge is 2.19. The van der Waals surface area contributed by atoms with Gasteiger partial charge in [0.05, 0.1) is 19.8 Å². The highest BCUT2D eigenvalue weighted by Crippen LogP contribution is 2.41. The van der Waals surface area contributed by atoms with Crippen molar-refractivity contribution in [1.29, 1.82) is 0 Å². The van der Waals surface area contributed by atoms with Crippen molar-refractivity contribution in [1.82, 2.24) is 0 Å². The van der Waals surface area contributed by atoms with E-state index in [9.17, 15) is 5.11 Å². The van der Waals surface area contributed by atoms with Crippen molar-refractivity contribution >= 4 is 16.8 Å². The van der Waals surface area contributed by atoms with Crippen LogP contribution in [0.25, 0.3) is 16.8 Å². The van der Waals surface area contributed by atoms with Crippen molar-refractivity contribution in [2.24, 2.45) is 0 Å². The van der Waals surface area contributed by atoms with Gasteiger partial charge in [0.1, 0.15) is 11.5 Å². The molecule has 0 radical (unpaired) electrons. The second kappa shape index (κ2) is 8.41. The molecule has 0 aliphatic rings. The molecule has 26 heavy (non-hydrogen) atoms. The number of aliphatic hydroxyl groups is 1. The average Bonchev–Trinajstić information content (AvgIpc) is 2.59. The zero-order valence-electron chi connectivity index (χ0n) is 16.7. The Labute approximate surface area is 156 Å². The third-order valence-corrected chi connectivity index (χ3v) is 4.63. The van der Waals surface area contributed by atoms with Gasteiger partial charge in [0.2, 0.25) is 0 Å². The van der Waals surface area contributed by atoms with Crippen LogP contribution in [0.3, 0.4) is 0 Å². The Kier molecular flexibility index (Phi) is 6.49. The number of rotatable bonds is 7. The molecular formula is C23H30O3. The summed E-state index contributed by atoms with van der Waals surface area (Å²) in [5.41, 5.74) is 2.31. The Hall–Kier alpha value is -2.26. The third kappa shape index (κ3) is 4.47. The van der Waals surface area contributed by atoms with E-state index in [1.165, 1.54) is 5.57 Å². The van der Waals surface area contributed by atoms with Gasteiger partial charge in [0.25, 0.3) is 0 Å². The van der Waals surface area contributed by atoms with Gasteiger partial charge in [-0.3, -0.25) is 0 Å². The Balaban J connectivity index is 2.48. The van der Waals surface area contributed by atoms with E-state index in [2.05, 4.69) is 19.9 Å². The van der Waals surface area contributed by atoms with Gasteiger partial charge in [-0.05, 0) is 40.5 Å². The highest BCUT2D eigenvalue weighted by molar-refractivity contribution is 5.98. The topological polar surface area (TPSA) is 38.7 Å². The van der Waals surface area contributed by atoms with Crippen LogP contribution in [0.15, 0.2) is 42.0 Å². The molecule has 2 rings (SSSR count). The molecule has 1 N–H and O–H groups in total. The van der Waals surface area contributed by atoms with Gasteiger partial charge in [-0.25, -0.2) is 0 Å². The zero-order chi connectivity index (χ0) is 19.3. The lowest BCUT2D eigenvalue weighted by Gasteiger charge is -2.20. The van der Waals surface area contributed by atoms with E-state index in [1.54, 1.807) is 14.2 Å². The smallest absolute Gasteiger partial charge is 0.134 e. The lowest BCUT2D eigenvalue weighted by atomic mass is 9.94. The van der Waals surface area contributed by atoms with E-state index in [1.807, 2.05) is 50.3 Å². The summed E-state index contributed by atoms with van der Waals surface area (Å²) in [5, 5.41) is 12.7. The molecule has 0 saturated carbocycles. The van der Waals surface area contributed by atoms with Crippen LogP contribution in [-0.2, 0) is 0 Å². The van der Waals surface area contributed by atoms with Crippen LogP contribution in [0.1, 0.15) is 44.7 Å². The quantitative estimate of drug-likeness (QED) is 0.651. The Morgan fingerprint density at radius 1 is 1.08 bits per heavy atom. The van der Waals surface area contributed by atoms with Crippen molar-refractivity contribution in [3.8, 4) is 11.5 Å². The predicted octanol–water partition coefficient (Wildman–Crippen LogP) is 5.68. The Bertz CT molecular complexity index is 825. The molecule has 0 aromatic heterocycles. The Morgan fingerprint density at radius 2 is 1.65 bits per heavy atom. The van der Waals surface area contributed by atoms with Crippen LogP contribution in [-0.4, -0.2) is 24.9 Å². The molecule has 0 fully saturated rings. The van der Waals surface area contributed by atoms with Crippen molar-refractivity contribution < 1.29 is 14.6 Å². The van der Waals surface area contributed by atoms with Gasteiger partial charge in [-0.1, -0.05) is 48.1 Å². The summed E-state index contributed by atoms with van der Waals surface area (Å²) >= 11 is 0. The van der Waals surface area contributed by atoms with Gasteiger partial charge in [-0.2, -0.15) is 0 Å². The number of ether oxygens (including phenoxy) is 2. The van der Waals surface area contributed by atoms with Gasteiger partial charge < -0.3 is 14.6 Å². The summed E-state index contributed by atoms with van der Waals surface area (Å²) in [6.45, 7) is 7.99. The molecular weight excluding hydrogens is 324 g/mol. The van der Waals surface area contributed by atoms with Crippen LogP contribution in [0.5, 0.6) is 11.5 Å². The van der Waals surface area contributed by atoms with Crippen molar-refractivity contribution in [3.05, 3.63) is 53.1 Å². The molecule has 2 aromatic rings. The summed E-state index contributed by atoms with van der Waals surface area (Å²) in [5.74, 6) is 1.64. The van der Waals surface area contributed by atoms with Gasteiger partial charge in [0, 0.05) is 21.9 Å².